The van der Waals surface area contributed by atoms with Gasteiger partial charge in [-0.05, 0) is 12.1 Å². The van der Waals surface area contributed by atoms with Gasteiger partial charge < -0.3 is 9.84 Å². The van der Waals surface area contributed by atoms with Gasteiger partial charge in [0, 0.05) is 5.92 Å². The van der Waals surface area contributed by atoms with Crippen LogP contribution in [0.2, 0.25) is 5.02 Å². The van der Waals surface area contributed by atoms with Gasteiger partial charge in [0.05, 0.1) is 11.2 Å². The Morgan fingerprint density at radius 3 is 2.60 bits per heavy atom. The molecule has 0 radical (unpaired) electrons. The van der Waals surface area contributed by atoms with Crippen LogP contribution in [-0.4, -0.2) is 21.0 Å². The maximum Gasteiger partial charge on any atom is 0.358 e. The fourth-order valence-corrected chi connectivity index (χ4v) is 1.71. The first kappa shape index (κ1) is 14.3. The third kappa shape index (κ3) is 3.05. The summed E-state index contributed by atoms with van der Waals surface area (Å²) < 4.78 is 5.50. The van der Waals surface area contributed by atoms with Crippen LogP contribution in [0.5, 0.6) is 11.5 Å². The monoisotopic (exact) mass is 292 g/mol. The molecule has 0 atom stereocenters. The molecule has 1 aromatic heterocycles. The van der Waals surface area contributed by atoms with Crippen LogP contribution in [-0.2, 0) is 0 Å². The lowest BCUT2D eigenvalue weighted by Crippen LogP contribution is -2.08. The second-order valence-corrected chi connectivity index (χ2v) is 4.84. The van der Waals surface area contributed by atoms with E-state index in [4.69, 9.17) is 16.3 Å². The van der Waals surface area contributed by atoms with E-state index in [-0.39, 0.29) is 17.4 Å². The molecule has 2 rings (SSSR count). The van der Waals surface area contributed by atoms with Gasteiger partial charge in [-0.3, -0.25) is 0 Å². The summed E-state index contributed by atoms with van der Waals surface area (Å²) in [6.45, 7) is 3.77. The molecule has 6 heteroatoms. The van der Waals surface area contributed by atoms with Crippen molar-refractivity contribution < 1.29 is 14.6 Å². The van der Waals surface area contributed by atoms with E-state index in [1.54, 1.807) is 24.3 Å². The number of halogens is 1. The van der Waals surface area contributed by atoms with Crippen LogP contribution in [0.3, 0.4) is 0 Å². The van der Waals surface area contributed by atoms with Crippen molar-refractivity contribution in [2.75, 3.05) is 0 Å². The van der Waals surface area contributed by atoms with Crippen molar-refractivity contribution >= 4 is 17.6 Å². The van der Waals surface area contributed by atoms with E-state index in [2.05, 4.69) is 9.97 Å². The molecule has 1 N–H and O–H groups in total. The Morgan fingerprint density at radius 2 is 2.00 bits per heavy atom. The minimum absolute atomic E-state index is 0.0301. The van der Waals surface area contributed by atoms with Crippen molar-refractivity contribution in [2.45, 2.75) is 19.8 Å². The topological polar surface area (TPSA) is 72.3 Å². The van der Waals surface area contributed by atoms with Gasteiger partial charge in [-0.2, -0.15) is 0 Å². The van der Waals surface area contributed by atoms with Crippen LogP contribution in [0.15, 0.2) is 30.5 Å². The highest BCUT2D eigenvalue weighted by Gasteiger charge is 2.18. The molecule has 0 spiro atoms. The molecule has 104 valence electrons. The lowest BCUT2D eigenvalue weighted by molar-refractivity contribution is 0.0686. The van der Waals surface area contributed by atoms with E-state index >= 15 is 0 Å². The van der Waals surface area contributed by atoms with Gasteiger partial charge in [0.1, 0.15) is 11.6 Å². The van der Waals surface area contributed by atoms with Crippen molar-refractivity contribution in [1.82, 2.24) is 9.97 Å². The third-order valence-electron chi connectivity index (χ3n) is 2.55. The highest BCUT2D eigenvalue weighted by atomic mass is 35.5. The largest absolute Gasteiger partial charge is 0.476 e. The predicted molar refractivity (Wildman–Crippen MR) is 74.6 cm³/mol. The van der Waals surface area contributed by atoms with Gasteiger partial charge >= 0.3 is 5.97 Å². The number of carboxylic acid groups (broad SMARTS) is 1. The molecule has 2 aromatic rings. The number of aromatic carboxylic acids is 1. The molecule has 5 nitrogen and oxygen atoms in total. The second-order valence-electron chi connectivity index (χ2n) is 4.43. The van der Waals surface area contributed by atoms with E-state index in [1.165, 1.54) is 6.20 Å². The maximum atomic E-state index is 11.3. The van der Waals surface area contributed by atoms with Crippen LogP contribution in [0, 0.1) is 0 Å². The molecule has 0 aliphatic heterocycles. The zero-order valence-corrected chi connectivity index (χ0v) is 11.8. The van der Waals surface area contributed by atoms with Crippen LogP contribution in [0.1, 0.15) is 36.1 Å². The van der Waals surface area contributed by atoms with E-state index in [0.717, 1.165) is 0 Å². The molecule has 20 heavy (non-hydrogen) atoms. The Bertz CT molecular complexity index is 644. The summed E-state index contributed by atoms with van der Waals surface area (Å²) >= 11 is 5.97. The highest BCUT2D eigenvalue weighted by Crippen LogP contribution is 2.30. The molecule has 0 saturated heterocycles. The van der Waals surface area contributed by atoms with E-state index in [1.807, 2.05) is 13.8 Å². The molecule has 0 saturated carbocycles. The normalized spacial score (nSPS) is 10.6. The van der Waals surface area contributed by atoms with Crippen molar-refractivity contribution in [2.24, 2.45) is 0 Å². The first-order valence-electron chi connectivity index (χ1n) is 6.01. The summed E-state index contributed by atoms with van der Waals surface area (Å²) in [6, 6.07) is 6.79. The molecular weight excluding hydrogens is 280 g/mol. The molecule has 0 bridgehead atoms. The van der Waals surface area contributed by atoms with Crippen molar-refractivity contribution in [3.63, 3.8) is 0 Å². The number of benzene rings is 1. The average molecular weight is 293 g/mol. The Hall–Kier alpha value is -2.14. The molecule has 0 amide bonds. The molecular formula is C14H13ClN2O3. The van der Waals surface area contributed by atoms with Crippen LogP contribution >= 0.6 is 11.6 Å². The number of nitrogens with zero attached hydrogens (tertiary/aromatic N) is 2. The second kappa shape index (κ2) is 5.88. The van der Waals surface area contributed by atoms with Gasteiger partial charge in [0.15, 0.2) is 11.4 Å². The number of rotatable bonds is 4. The first-order chi connectivity index (χ1) is 9.49. The summed E-state index contributed by atoms with van der Waals surface area (Å²) in [7, 11) is 0. The summed E-state index contributed by atoms with van der Waals surface area (Å²) in [5.41, 5.74) is -0.177. The Morgan fingerprint density at radius 1 is 1.30 bits per heavy atom. The standard InChI is InChI=1S/C14H13ClN2O3/c1-8(2)13-16-7-11(12(17-13)14(18)19)20-10-6-4-3-5-9(10)15/h3-8H,1-2H3,(H,18,19). The van der Waals surface area contributed by atoms with E-state index < -0.39 is 5.97 Å². The third-order valence-corrected chi connectivity index (χ3v) is 2.86. The molecule has 0 fully saturated rings. The maximum absolute atomic E-state index is 11.3. The van der Waals surface area contributed by atoms with Crippen LogP contribution < -0.4 is 4.74 Å². The lowest BCUT2D eigenvalue weighted by Gasteiger charge is -2.11. The van der Waals surface area contributed by atoms with Gasteiger partial charge in [-0.15, -0.1) is 0 Å². The summed E-state index contributed by atoms with van der Waals surface area (Å²) in [6.07, 6.45) is 1.36. The number of para-hydroxylation sites is 1. The number of carbonyl (C=O) groups is 1. The molecule has 1 heterocycles. The number of ether oxygens (including phenoxy) is 1. The molecule has 1 aromatic carbocycles. The van der Waals surface area contributed by atoms with Gasteiger partial charge in [0.2, 0.25) is 0 Å². The fourth-order valence-electron chi connectivity index (χ4n) is 1.54. The number of aromatic nitrogens is 2. The number of hydrogen-bond donors (Lipinski definition) is 1. The fraction of sp³-hybridized carbons (Fsp3) is 0.214. The van der Waals surface area contributed by atoms with Gasteiger partial charge in [-0.1, -0.05) is 37.6 Å². The Balaban J connectivity index is 2.41. The minimum Gasteiger partial charge on any atom is -0.476 e. The Labute approximate surface area is 121 Å². The molecule has 0 aliphatic rings. The summed E-state index contributed by atoms with van der Waals surface area (Å²) in [5, 5.41) is 9.60. The minimum atomic E-state index is -1.17. The average Bonchev–Trinajstić information content (AvgIpc) is 2.41. The summed E-state index contributed by atoms with van der Waals surface area (Å²) in [5.74, 6) is -0.264. The van der Waals surface area contributed by atoms with Crippen LogP contribution in [0.4, 0.5) is 0 Å². The van der Waals surface area contributed by atoms with Crippen molar-refractivity contribution in [3.8, 4) is 11.5 Å². The smallest absolute Gasteiger partial charge is 0.358 e. The zero-order valence-electron chi connectivity index (χ0n) is 11.0. The SMILES string of the molecule is CC(C)c1ncc(Oc2ccccc2Cl)c(C(=O)O)n1. The van der Waals surface area contributed by atoms with Gasteiger partial charge in [0.25, 0.3) is 0 Å². The first-order valence-corrected chi connectivity index (χ1v) is 6.39. The quantitative estimate of drug-likeness (QED) is 0.929. The molecule has 0 aliphatic carbocycles. The van der Waals surface area contributed by atoms with Crippen molar-refractivity contribution in [1.29, 1.82) is 0 Å². The van der Waals surface area contributed by atoms with E-state index in [9.17, 15) is 9.90 Å². The Kier molecular flexibility index (Phi) is 4.20. The highest BCUT2D eigenvalue weighted by molar-refractivity contribution is 6.32. The van der Waals surface area contributed by atoms with Crippen molar-refractivity contribution in [3.05, 3.63) is 47.0 Å². The number of carboxylic acids is 1. The van der Waals surface area contributed by atoms with E-state index in [0.29, 0.717) is 16.6 Å². The van der Waals surface area contributed by atoms with Gasteiger partial charge in [-0.25, -0.2) is 14.8 Å². The predicted octanol–water partition coefficient (Wildman–Crippen LogP) is 3.74. The lowest BCUT2D eigenvalue weighted by atomic mass is 10.2. The number of hydrogen-bond acceptors (Lipinski definition) is 4. The zero-order chi connectivity index (χ0) is 14.7. The molecule has 0 unspecified atom stereocenters. The van der Waals surface area contributed by atoms with Crippen LogP contribution in [0.25, 0.3) is 0 Å². The summed E-state index contributed by atoms with van der Waals surface area (Å²) in [4.78, 5) is 19.4.